The Morgan fingerprint density at radius 3 is 2.43 bits per heavy atom. The molecule has 1 N–H and O–H groups in total. The van der Waals surface area contributed by atoms with E-state index >= 15 is 0 Å². The minimum atomic E-state index is -4.42. The molecule has 1 heterocycles. The van der Waals surface area contributed by atoms with Gasteiger partial charge in [0.1, 0.15) is 0 Å². The number of aliphatic hydroxyl groups is 1. The summed E-state index contributed by atoms with van der Waals surface area (Å²) in [5, 5.41) is 10.2. The number of hydrogen-bond donors (Lipinski definition) is 1. The molecule has 3 aromatic rings. The van der Waals surface area contributed by atoms with Crippen molar-refractivity contribution < 1.29 is 18.3 Å². The monoisotopic (exact) mass is 308 g/mol. The summed E-state index contributed by atoms with van der Waals surface area (Å²) in [7, 11) is 0. The van der Waals surface area contributed by atoms with Gasteiger partial charge >= 0.3 is 6.18 Å². The molecule has 108 valence electrons. The van der Waals surface area contributed by atoms with Gasteiger partial charge in [0, 0.05) is 9.58 Å². The Balaban J connectivity index is 2.16. The first kappa shape index (κ1) is 14.1. The number of benzene rings is 2. The van der Waals surface area contributed by atoms with E-state index < -0.39 is 18.3 Å². The average molecular weight is 308 g/mol. The summed E-state index contributed by atoms with van der Waals surface area (Å²) in [6, 6.07) is 13.2. The Morgan fingerprint density at radius 2 is 1.76 bits per heavy atom. The third-order valence-corrected chi connectivity index (χ3v) is 4.38. The van der Waals surface area contributed by atoms with Crippen molar-refractivity contribution in [3.63, 3.8) is 0 Å². The fraction of sp³-hybridized carbons (Fsp3) is 0.125. The summed E-state index contributed by atoms with van der Waals surface area (Å²) >= 11 is 1.44. The quantitative estimate of drug-likeness (QED) is 0.700. The van der Waals surface area contributed by atoms with E-state index in [-0.39, 0.29) is 5.56 Å². The molecule has 0 amide bonds. The first-order chi connectivity index (χ1) is 9.97. The van der Waals surface area contributed by atoms with Crippen molar-refractivity contribution in [1.29, 1.82) is 0 Å². The Hall–Kier alpha value is -1.85. The van der Waals surface area contributed by atoms with Crippen molar-refractivity contribution in [3.8, 4) is 10.4 Å². The molecule has 3 rings (SSSR count). The van der Waals surface area contributed by atoms with Crippen LogP contribution in [0.2, 0.25) is 0 Å². The van der Waals surface area contributed by atoms with Gasteiger partial charge in [-0.25, -0.2) is 0 Å². The second kappa shape index (κ2) is 5.16. The molecule has 0 saturated carbocycles. The summed E-state index contributed by atoms with van der Waals surface area (Å²) < 4.78 is 39.8. The maximum Gasteiger partial charge on any atom is 0.416 e. The largest absolute Gasteiger partial charge is 0.416 e. The van der Waals surface area contributed by atoms with Gasteiger partial charge in [-0.15, -0.1) is 11.3 Å². The smallest absolute Gasteiger partial charge is 0.392 e. The van der Waals surface area contributed by atoms with Crippen LogP contribution in [-0.2, 0) is 12.8 Å². The standard InChI is InChI=1S/C16H11F3OS/c17-16(18,19)13-6-10(9-20)5-12(7-13)15-8-11-3-1-2-4-14(11)21-15/h1-8,20H,9H2. The normalized spacial score (nSPS) is 12.0. The highest BCUT2D eigenvalue weighted by atomic mass is 32.1. The predicted octanol–water partition coefficient (Wildman–Crippen LogP) is 5.08. The molecule has 0 aliphatic heterocycles. The van der Waals surface area contributed by atoms with Crippen molar-refractivity contribution in [2.24, 2.45) is 0 Å². The molecular weight excluding hydrogens is 297 g/mol. The number of aliphatic hydroxyl groups excluding tert-OH is 1. The molecule has 5 heteroatoms. The van der Waals surface area contributed by atoms with Gasteiger partial charge in [-0.1, -0.05) is 18.2 Å². The number of thiophene rings is 1. The van der Waals surface area contributed by atoms with E-state index in [9.17, 15) is 18.3 Å². The van der Waals surface area contributed by atoms with Crippen molar-refractivity contribution in [1.82, 2.24) is 0 Å². The van der Waals surface area contributed by atoms with Crippen LogP contribution in [-0.4, -0.2) is 5.11 Å². The van der Waals surface area contributed by atoms with Crippen LogP contribution in [0.3, 0.4) is 0 Å². The molecule has 21 heavy (non-hydrogen) atoms. The molecule has 0 unspecified atom stereocenters. The summed E-state index contributed by atoms with van der Waals surface area (Å²) in [5.41, 5.74) is 0.00821. The minimum absolute atomic E-state index is 0.261. The highest BCUT2D eigenvalue weighted by Gasteiger charge is 2.31. The Kier molecular flexibility index (Phi) is 3.47. The fourth-order valence-corrected chi connectivity index (χ4v) is 3.26. The molecular formula is C16H11F3OS. The second-order valence-electron chi connectivity index (χ2n) is 4.72. The van der Waals surface area contributed by atoms with Crippen LogP contribution in [0.4, 0.5) is 13.2 Å². The highest BCUT2D eigenvalue weighted by Crippen LogP contribution is 2.37. The molecule has 0 spiro atoms. The molecule has 0 aliphatic rings. The molecule has 0 atom stereocenters. The maximum atomic E-state index is 12.9. The van der Waals surface area contributed by atoms with Crippen molar-refractivity contribution in [3.05, 3.63) is 59.7 Å². The molecule has 0 fully saturated rings. The first-order valence-electron chi connectivity index (χ1n) is 6.28. The Labute approximate surface area is 123 Å². The van der Waals surface area contributed by atoms with E-state index in [2.05, 4.69) is 0 Å². The predicted molar refractivity (Wildman–Crippen MR) is 78.2 cm³/mol. The lowest BCUT2D eigenvalue weighted by Gasteiger charge is -2.10. The molecule has 1 nitrogen and oxygen atoms in total. The molecule has 0 bridgehead atoms. The Bertz CT molecular complexity index is 757. The summed E-state index contributed by atoms with van der Waals surface area (Å²) in [4.78, 5) is 0.761. The first-order valence-corrected chi connectivity index (χ1v) is 7.10. The van der Waals surface area contributed by atoms with Crippen molar-refractivity contribution >= 4 is 21.4 Å². The molecule has 2 aromatic carbocycles. The zero-order valence-electron chi connectivity index (χ0n) is 10.8. The zero-order valence-corrected chi connectivity index (χ0v) is 11.6. The molecule has 1 aromatic heterocycles. The van der Waals surface area contributed by atoms with Crippen LogP contribution >= 0.6 is 11.3 Å². The van der Waals surface area contributed by atoms with E-state index in [4.69, 9.17) is 0 Å². The molecule has 0 aliphatic carbocycles. The van der Waals surface area contributed by atoms with Crippen LogP contribution in [0.5, 0.6) is 0 Å². The van der Waals surface area contributed by atoms with E-state index in [1.807, 2.05) is 30.3 Å². The number of rotatable bonds is 2. The Morgan fingerprint density at radius 1 is 1.00 bits per heavy atom. The number of halogens is 3. The average Bonchev–Trinajstić information content (AvgIpc) is 2.89. The summed E-state index contributed by atoms with van der Waals surface area (Å²) in [5.74, 6) is 0. The van der Waals surface area contributed by atoms with E-state index in [1.165, 1.54) is 11.3 Å². The van der Waals surface area contributed by atoms with Crippen LogP contribution in [0.15, 0.2) is 48.5 Å². The van der Waals surface area contributed by atoms with E-state index in [1.54, 1.807) is 6.07 Å². The third kappa shape index (κ3) is 2.80. The summed E-state index contributed by atoms with van der Waals surface area (Å²) in [6.45, 7) is -0.415. The van der Waals surface area contributed by atoms with Crippen molar-refractivity contribution in [2.45, 2.75) is 12.8 Å². The van der Waals surface area contributed by atoms with Crippen LogP contribution in [0.1, 0.15) is 11.1 Å². The number of hydrogen-bond acceptors (Lipinski definition) is 2. The van der Waals surface area contributed by atoms with Gasteiger partial charge in [-0.05, 0) is 46.8 Å². The van der Waals surface area contributed by atoms with Gasteiger partial charge in [0.15, 0.2) is 0 Å². The van der Waals surface area contributed by atoms with Gasteiger partial charge in [0.2, 0.25) is 0 Å². The number of fused-ring (bicyclic) bond motifs is 1. The summed E-state index contributed by atoms with van der Waals surface area (Å²) in [6.07, 6.45) is -4.42. The van der Waals surface area contributed by atoms with Gasteiger partial charge in [0.25, 0.3) is 0 Å². The van der Waals surface area contributed by atoms with Gasteiger partial charge in [0.05, 0.1) is 12.2 Å². The SMILES string of the molecule is OCc1cc(-c2cc3ccccc3s2)cc(C(F)(F)F)c1. The fourth-order valence-electron chi connectivity index (χ4n) is 2.21. The lowest BCUT2D eigenvalue weighted by molar-refractivity contribution is -0.137. The highest BCUT2D eigenvalue weighted by molar-refractivity contribution is 7.22. The zero-order chi connectivity index (χ0) is 15.0. The van der Waals surface area contributed by atoms with Gasteiger partial charge in [-0.3, -0.25) is 0 Å². The van der Waals surface area contributed by atoms with Gasteiger partial charge in [-0.2, -0.15) is 13.2 Å². The third-order valence-electron chi connectivity index (χ3n) is 3.21. The molecule has 0 saturated heterocycles. The van der Waals surface area contributed by atoms with Crippen LogP contribution in [0, 0.1) is 0 Å². The second-order valence-corrected chi connectivity index (χ2v) is 5.81. The van der Waals surface area contributed by atoms with E-state index in [0.29, 0.717) is 5.56 Å². The maximum absolute atomic E-state index is 12.9. The van der Waals surface area contributed by atoms with Crippen LogP contribution in [0.25, 0.3) is 20.5 Å². The lowest BCUT2D eigenvalue weighted by Crippen LogP contribution is -2.06. The lowest BCUT2D eigenvalue weighted by atomic mass is 10.0. The minimum Gasteiger partial charge on any atom is -0.392 e. The van der Waals surface area contributed by atoms with Crippen molar-refractivity contribution in [2.75, 3.05) is 0 Å². The molecule has 0 radical (unpaired) electrons. The topological polar surface area (TPSA) is 20.2 Å². The van der Waals surface area contributed by atoms with Gasteiger partial charge < -0.3 is 5.11 Å². The van der Waals surface area contributed by atoms with E-state index in [0.717, 1.165) is 27.1 Å². The number of alkyl halides is 3. The van der Waals surface area contributed by atoms with Crippen LogP contribution < -0.4 is 0 Å².